The van der Waals surface area contributed by atoms with Crippen LogP contribution in [0.4, 0.5) is 5.69 Å². The number of fused-ring (bicyclic) bond motifs is 2. The summed E-state index contributed by atoms with van der Waals surface area (Å²) in [6, 6.07) is 31.5. The predicted molar refractivity (Wildman–Crippen MR) is 196 cm³/mol. The number of aliphatic hydroxyl groups excluding tert-OH is 1. The highest BCUT2D eigenvalue weighted by Gasteiger charge is 2.74. The lowest BCUT2D eigenvalue weighted by atomic mass is 9.70. The van der Waals surface area contributed by atoms with Crippen LogP contribution >= 0.6 is 11.8 Å². The molecule has 6 atom stereocenters. The van der Waals surface area contributed by atoms with Gasteiger partial charge in [-0.1, -0.05) is 103 Å². The monoisotopic (exact) mass is 671 g/mol. The Hall–Kier alpha value is -4.66. The maximum Gasteiger partial charge on any atom is 0.251 e. The minimum absolute atomic E-state index is 0.0908. The Morgan fingerprint density at radius 3 is 2.27 bits per heavy atom. The Bertz CT molecular complexity index is 1880. The molecule has 3 fully saturated rings. The number of carbonyl (C=O) groups is 3. The number of likely N-dealkylation sites (tertiary alicyclic amines) is 1. The highest BCUT2D eigenvalue weighted by atomic mass is 32.2. The number of thioether (sulfide) groups is 1. The predicted octanol–water partition coefficient (Wildman–Crippen LogP) is 6.40. The number of nitrogens with zero attached hydrogens (tertiary/aromatic N) is 3. The normalized spacial score (nSPS) is 24.4. The number of hydrogen-bond acceptors (Lipinski definition) is 5. The van der Waals surface area contributed by atoms with Gasteiger partial charge in [0.1, 0.15) is 6.04 Å². The maximum atomic E-state index is 15.2. The first-order valence-corrected chi connectivity index (χ1v) is 17.8. The van der Waals surface area contributed by atoms with Gasteiger partial charge in [-0.05, 0) is 46.9 Å². The molecule has 0 radical (unpaired) electrons. The molecule has 1 spiro atoms. The lowest BCUT2D eigenvalue weighted by Crippen LogP contribution is -2.56. The van der Waals surface area contributed by atoms with Gasteiger partial charge in [0.25, 0.3) is 5.91 Å². The molecule has 4 aromatic rings. The summed E-state index contributed by atoms with van der Waals surface area (Å²) in [5.41, 5.74) is 2.45. The Labute approximate surface area is 291 Å². The van der Waals surface area contributed by atoms with Crippen LogP contribution in [0, 0.1) is 11.8 Å². The van der Waals surface area contributed by atoms with Crippen molar-refractivity contribution in [1.29, 1.82) is 0 Å². The summed E-state index contributed by atoms with van der Waals surface area (Å²) in [5.74, 6) is -1.87. The van der Waals surface area contributed by atoms with Gasteiger partial charge in [-0.15, -0.1) is 24.9 Å². The summed E-state index contributed by atoms with van der Waals surface area (Å²) in [6.45, 7) is 8.52. The fraction of sp³-hybridized carbons (Fsp3) is 0.293. The lowest BCUT2D eigenvalue weighted by molar-refractivity contribution is -0.145. The van der Waals surface area contributed by atoms with Crippen LogP contribution in [0.5, 0.6) is 0 Å². The molecule has 250 valence electrons. The molecular weight excluding hydrogens is 631 g/mol. The molecule has 0 saturated carbocycles. The molecule has 3 aliphatic heterocycles. The van der Waals surface area contributed by atoms with Crippen LogP contribution < -0.4 is 4.90 Å². The van der Waals surface area contributed by atoms with Crippen molar-refractivity contribution in [1.82, 2.24) is 9.80 Å². The van der Waals surface area contributed by atoms with Crippen molar-refractivity contribution in [2.45, 2.75) is 41.5 Å². The number of anilines is 1. The van der Waals surface area contributed by atoms with E-state index in [9.17, 15) is 9.90 Å². The summed E-state index contributed by atoms with van der Waals surface area (Å²) in [7, 11) is 0. The maximum absolute atomic E-state index is 15.2. The summed E-state index contributed by atoms with van der Waals surface area (Å²) in [5, 5.41) is 12.9. The molecule has 8 heteroatoms. The zero-order valence-corrected chi connectivity index (χ0v) is 28.3. The van der Waals surface area contributed by atoms with Gasteiger partial charge < -0.3 is 19.8 Å². The van der Waals surface area contributed by atoms with E-state index in [-0.39, 0.29) is 36.1 Å². The SMILES string of the molecule is C=CCN(Cc1ccccc1)C(=O)[C@@H]1[C@@H]2CCC3(S2)C(C(=O)N(CC=C)c2ccc4ccccc4c2)N([C@H](CO)c2ccccc2)C(=O)[C@H]13. The van der Waals surface area contributed by atoms with Gasteiger partial charge in [-0.2, -0.15) is 0 Å². The zero-order chi connectivity index (χ0) is 34.1. The minimum atomic E-state index is -0.899. The van der Waals surface area contributed by atoms with E-state index in [4.69, 9.17) is 0 Å². The fourth-order valence-corrected chi connectivity index (χ4v) is 10.6. The van der Waals surface area contributed by atoms with Gasteiger partial charge in [0.05, 0.1) is 29.2 Å². The van der Waals surface area contributed by atoms with Crippen molar-refractivity contribution in [3.63, 3.8) is 0 Å². The van der Waals surface area contributed by atoms with Crippen molar-refractivity contribution in [2.75, 3.05) is 24.6 Å². The van der Waals surface area contributed by atoms with Crippen LogP contribution in [0.1, 0.15) is 30.0 Å². The molecule has 49 heavy (non-hydrogen) atoms. The molecule has 2 bridgehead atoms. The molecule has 3 saturated heterocycles. The van der Waals surface area contributed by atoms with Crippen molar-refractivity contribution in [3.8, 4) is 0 Å². The Morgan fingerprint density at radius 2 is 1.57 bits per heavy atom. The van der Waals surface area contributed by atoms with Crippen molar-refractivity contribution in [2.24, 2.45) is 11.8 Å². The zero-order valence-electron chi connectivity index (χ0n) is 27.4. The van der Waals surface area contributed by atoms with E-state index in [1.807, 2.05) is 103 Å². The summed E-state index contributed by atoms with van der Waals surface area (Å²) in [4.78, 5) is 50.0. The van der Waals surface area contributed by atoms with Crippen molar-refractivity contribution >= 4 is 45.9 Å². The molecule has 2 unspecified atom stereocenters. The van der Waals surface area contributed by atoms with Gasteiger partial charge >= 0.3 is 0 Å². The Kier molecular flexibility index (Phi) is 9.18. The largest absolute Gasteiger partial charge is 0.394 e. The number of benzene rings is 4. The van der Waals surface area contributed by atoms with Crippen LogP contribution in [-0.4, -0.2) is 68.4 Å². The van der Waals surface area contributed by atoms with Gasteiger partial charge in [-0.25, -0.2) is 0 Å². The second-order valence-electron chi connectivity index (χ2n) is 13.2. The van der Waals surface area contributed by atoms with Crippen molar-refractivity contribution < 1.29 is 19.5 Å². The highest BCUT2D eigenvalue weighted by Crippen LogP contribution is 2.67. The third kappa shape index (κ3) is 5.67. The molecular formula is C41H41N3O4S. The van der Waals surface area contributed by atoms with Crippen LogP contribution in [0.15, 0.2) is 128 Å². The summed E-state index contributed by atoms with van der Waals surface area (Å²) >= 11 is 1.64. The fourth-order valence-electron chi connectivity index (χ4n) is 8.36. The molecule has 3 amide bonds. The molecule has 7 nitrogen and oxygen atoms in total. The van der Waals surface area contributed by atoms with E-state index in [0.717, 1.165) is 28.3 Å². The van der Waals surface area contributed by atoms with Gasteiger partial charge in [-0.3, -0.25) is 14.4 Å². The van der Waals surface area contributed by atoms with Crippen LogP contribution in [0.25, 0.3) is 10.8 Å². The molecule has 3 aliphatic rings. The summed E-state index contributed by atoms with van der Waals surface area (Å²) < 4.78 is -0.829. The molecule has 0 aromatic heterocycles. The molecule has 0 aliphatic carbocycles. The van der Waals surface area contributed by atoms with Gasteiger partial charge in [0, 0.05) is 30.6 Å². The second kappa shape index (κ2) is 13.7. The Morgan fingerprint density at radius 1 is 0.898 bits per heavy atom. The standard InChI is InChI=1S/C41H41N3O4S/c1-3-23-42(26-28-13-7-5-8-14-28)38(46)35-34-21-22-41(49-34)36(35)39(47)44(33(27-45)30-16-9-6-10-17-30)37(41)40(48)43(24-4-2)32-20-19-29-15-11-12-18-31(29)25-32/h3-20,25,33-37,45H,1-2,21-24,26-27H2/t33-,34+,35-,36+,37?,41?/m1/s1. The third-order valence-corrected chi connectivity index (χ3v) is 12.4. The molecule has 4 aromatic carbocycles. The first-order valence-electron chi connectivity index (χ1n) is 16.9. The summed E-state index contributed by atoms with van der Waals surface area (Å²) in [6.07, 6.45) is 4.77. The molecule has 7 rings (SSSR count). The number of carbonyl (C=O) groups excluding carboxylic acids is 3. The number of hydrogen-bond donors (Lipinski definition) is 1. The molecule has 1 N–H and O–H groups in total. The van der Waals surface area contributed by atoms with Gasteiger partial charge in [0.15, 0.2) is 0 Å². The first kappa shape index (κ1) is 32.9. The van der Waals surface area contributed by atoms with E-state index in [1.54, 1.807) is 38.6 Å². The van der Waals surface area contributed by atoms with Gasteiger partial charge in [0.2, 0.25) is 11.8 Å². The van der Waals surface area contributed by atoms with E-state index in [1.165, 1.54) is 0 Å². The smallest absolute Gasteiger partial charge is 0.251 e. The van der Waals surface area contributed by atoms with Crippen molar-refractivity contribution in [3.05, 3.63) is 140 Å². The topological polar surface area (TPSA) is 81.2 Å². The first-order chi connectivity index (χ1) is 23.9. The Balaban J connectivity index is 1.32. The van der Waals surface area contributed by atoms with Crippen LogP contribution in [0.2, 0.25) is 0 Å². The number of amides is 3. The van der Waals surface area contributed by atoms with E-state index in [2.05, 4.69) is 13.2 Å². The van der Waals surface area contributed by atoms with E-state index in [0.29, 0.717) is 25.2 Å². The lowest BCUT2D eigenvalue weighted by Gasteiger charge is -2.40. The molecule has 3 heterocycles. The van der Waals surface area contributed by atoms with Crippen LogP contribution in [-0.2, 0) is 20.9 Å². The highest BCUT2D eigenvalue weighted by molar-refractivity contribution is 8.02. The van der Waals surface area contributed by atoms with Crippen LogP contribution in [0.3, 0.4) is 0 Å². The third-order valence-electron chi connectivity index (χ3n) is 10.5. The number of aliphatic hydroxyl groups is 1. The average molecular weight is 672 g/mol. The second-order valence-corrected chi connectivity index (χ2v) is 14.8. The minimum Gasteiger partial charge on any atom is -0.394 e. The van der Waals surface area contributed by atoms with E-state index >= 15 is 9.59 Å². The average Bonchev–Trinajstić information content (AvgIpc) is 3.78. The number of rotatable bonds is 12. The van der Waals surface area contributed by atoms with E-state index < -0.39 is 28.7 Å². The quantitative estimate of drug-likeness (QED) is 0.177.